The Labute approximate surface area is 260 Å². The number of alkyl halides is 9. The zero-order chi connectivity index (χ0) is 35.7. The lowest BCUT2D eigenvalue weighted by atomic mass is 10.00. The van der Waals surface area contributed by atoms with Crippen LogP contribution in [0.1, 0.15) is 22.3 Å². The number of fused-ring (bicyclic) bond motifs is 1. The summed E-state index contributed by atoms with van der Waals surface area (Å²) in [7, 11) is 1.58. The average molecular weight is 678 g/mol. The fraction of sp³-hybridized carbons (Fsp3) is 0.233. The van der Waals surface area contributed by atoms with E-state index >= 15 is 0 Å². The number of hydrogen-bond acceptors (Lipinski definition) is 5. The first-order chi connectivity index (χ1) is 21.7. The number of aliphatic carboxylic acids is 2. The third-order valence-corrected chi connectivity index (χ3v) is 6.14. The topological polar surface area (TPSA) is 139 Å². The van der Waals surface area contributed by atoms with Gasteiger partial charge < -0.3 is 25.3 Å². The van der Waals surface area contributed by atoms with Gasteiger partial charge >= 0.3 is 30.5 Å². The minimum Gasteiger partial charge on any atom is -0.482 e. The van der Waals surface area contributed by atoms with Gasteiger partial charge in [-0.05, 0) is 66.1 Å². The number of nitrogens with two attached hydrogens (primary N) is 1. The molecular weight excluding hydrogens is 653 g/mol. The Hall–Kier alpha value is -5.24. The zero-order valence-corrected chi connectivity index (χ0v) is 24.0. The first-order valence-electron chi connectivity index (χ1n) is 12.9. The van der Waals surface area contributed by atoms with Gasteiger partial charge in [0.25, 0.3) is 0 Å². The number of carboxylic acid groups (broad SMARTS) is 2. The highest BCUT2D eigenvalue weighted by Gasteiger charge is 2.39. The molecule has 17 heteroatoms. The second kappa shape index (κ2) is 15.4. The zero-order valence-electron chi connectivity index (χ0n) is 24.0. The van der Waals surface area contributed by atoms with Crippen molar-refractivity contribution in [3.63, 3.8) is 0 Å². The van der Waals surface area contributed by atoms with Crippen LogP contribution in [0.3, 0.4) is 0 Å². The summed E-state index contributed by atoms with van der Waals surface area (Å²) in [6.45, 7) is 0.773. The smallest absolute Gasteiger partial charge is 0.482 e. The molecule has 1 heterocycles. The molecule has 0 saturated carbocycles. The molecule has 0 atom stereocenters. The van der Waals surface area contributed by atoms with Crippen LogP contribution in [0.15, 0.2) is 66.7 Å². The number of nitriles is 1. The van der Waals surface area contributed by atoms with E-state index in [1.54, 1.807) is 13.2 Å². The van der Waals surface area contributed by atoms with Gasteiger partial charge in [-0.15, -0.1) is 0 Å². The van der Waals surface area contributed by atoms with Crippen LogP contribution in [0.4, 0.5) is 39.5 Å². The summed E-state index contributed by atoms with van der Waals surface area (Å²) in [5.41, 5.74) is 10.2. The van der Waals surface area contributed by atoms with Gasteiger partial charge in [0.1, 0.15) is 0 Å². The van der Waals surface area contributed by atoms with Crippen LogP contribution in [-0.2, 0) is 28.7 Å². The van der Waals surface area contributed by atoms with Gasteiger partial charge in [0, 0.05) is 10.9 Å². The number of halogens is 9. The van der Waals surface area contributed by atoms with E-state index in [1.165, 1.54) is 12.1 Å². The van der Waals surface area contributed by atoms with Crippen molar-refractivity contribution < 1.29 is 64.1 Å². The number of nitrogens with zero attached hydrogens (tertiary/aromatic N) is 2. The molecule has 0 aliphatic carbocycles. The third-order valence-electron chi connectivity index (χ3n) is 6.14. The van der Waals surface area contributed by atoms with E-state index < -0.39 is 36.0 Å². The molecule has 47 heavy (non-hydrogen) atoms. The first kappa shape index (κ1) is 37.9. The molecule has 0 amide bonds. The lowest BCUT2D eigenvalue weighted by Crippen LogP contribution is -2.21. The lowest BCUT2D eigenvalue weighted by molar-refractivity contribution is -0.193. The molecule has 4 N–H and O–H groups in total. The summed E-state index contributed by atoms with van der Waals surface area (Å²) in [5.74, 6) is -4.88. The summed E-state index contributed by atoms with van der Waals surface area (Å²) < 4.78 is 110. The molecule has 0 radical (unpaired) electrons. The van der Waals surface area contributed by atoms with E-state index in [2.05, 4.69) is 6.07 Å². The molecule has 4 aromatic rings. The predicted molar refractivity (Wildman–Crippen MR) is 149 cm³/mol. The standard InChI is InChI=1S/C26H22F3N3O.2C2HF3O2/c1-33-25-22(11-12-30)23-14-20(19-4-2-3-18(13-19)15-31)7-10-24(23)32(25)16-17-5-8-21(9-6-17)26(27,28)29;2*3-2(4,5)1(6)7/h2-10,13-14H,11-12,16,30H2,1H3;2*(H,6,7). The van der Waals surface area contributed by atoms with Crippen LogP contribution in [0.25, 0.3) is 22.0 Å². The fourth-order valence-electron chi connectivity index (χ4n) is 4.11. The Kier molecular flexibility index (Phi) is 12.4. The predicted octanol–water partition coefficient (Wildman–Crippen LogP) is 7.02. The van der Waals surface area contributed by atoms with E-state index in [-0.39, 0.29) is 0 Å². The molecule has 0 saturated heterocycles. The monoisotopic (exact) mass is 677 g/mol. The number of aromatic nitrogens is 1. The third kappa shape index (κ3) is 10.4. The van der Waals surface area contributed by atoms with Gasteiger partial charge in [-0.1, -0.05) is 30.3 Å². The second-order valence-electron chi connectivity index (χ2n) is 9.34. The van der Waals surface area contributed by atoms with Crippen molar-refractivity contribution in [3.8, 4) is 23.1 Å². The molecule has 0 unspecified atom stereocenters. The van der Waals surface area contributed by atoms with Crippen LogP contribution in [0.5, 0.6) is 5.88 Å². The highest BCUT2D eigenvalue weighted by Crippen LogP contribution is 2.36. The van der Waals surface area contributed by atoms with E-state index in [0.717, 1.165) is 45.3 Å². The molecule has 0 aliphatic heterocycles. The van der Waals surface area contributed by atoms with Gasteiger partial charge in [-0.3, -0.25) is 0 Å². The van der Waals surface area contributed by atoms with Crippen molar-refractivity contribution >= 4 is 22.8 Å². The summed E-state index contributed by atoms with van der Waals surface area (Å²) in [5, 5.41) is 24.4. The number of methoxy groups -OCH3 is 1. The molecule has 0 aliphatic rings. The Morgan fingerprint density at radius 2 is 1.38 bits per heavy atom. The Morgan fingerprint density at radius 3 is 1.83 bits per heavy atom. The Bertz CT molecular complexity index is 1710. The van der Waals surface area contributed by atoms with Gasteiger partial charge in [0.05, 0.1) is 36.4 Å². The van der Waals surface area contributed by atoms with Crippen molar-refractivity contribution in [2.75, 3.05) is 13.7 Å². The van der Waals surface area contributed by atoms with Gasteiger partial charge in [0.2, 0.25) is 0 Å². The maximum Gasteiger partial charge on any atom is 0.490 e. The van der Waals surface area contributed by atoms with Crippen LogP contribution in [-0.4, -0.2) is 52.7 Å². The average Bonchev–Trinajstić information content (AvgIpc) is 3.28. The molecule has 0 bridgehead atoms. The summed E-state index contributed by atoms with van der Waals surface area (Å²) in [6.07, 6.45) is -14.0. The molecule has 1 aromatic heterocycles. The van der Waals surface area contributed by atoms with Crippen molar-refractivity contribution in [2.24, 2.45) is 5.73 Å². The molecule has 252 valence electrons. The first-order valence-corrected chi connectivity index (χ1v) is 12.9. The van der Waals surface area contributed by atoms with Crippen molar-refractivity contribution in [1.82, 2.24) is 4.57 Å². The highest BCUT2D eigenvalue weighted by atomic mass is 19.4. The van der Waals surface area contributed by atoms with E-state index in [0.29, 0.717) is 31.0 Å². The van der Waals surface area contributed by atoms with Gasteiger partial charge in [-0.2, -0.15) is 44.8 Å². The highest BCUT2D eigenvalue weighted by molar-refractivity contribution is 5.91. The van der Waals surface area contributed by atoms with Gasteiger partial charge in [-0.25, -0.2) is 9.59 Å². The summed E-state index contributed by atoms with van der Waals surface area (Å²) in [6, 6.07) is 20.7. The molecule has 3 aromatic carbocycles. The summed E-state index contributed by atoms with van der Waals surface area (Å²) >= 11 is 0. The van der Waals surface area contributed by atoms with Crippen LogP contribution < -0.4 is 10.5 Å². The number of benzene rings is 3. The lowest BCUT2D eigenvalue weighted by Gasteiger charge is -2.12. The van der Waals surface area contributed by atoms with Crippen LogP contribution in [0, 0.1) is 11.3 Å². The minimum atomic E-state index is -5.08. The maximum atomic E-state index is 12.9. The Morgan fingerprint density at radius 1 is 0.851 bits per heavy atom. The second-order valence-corrected chi connectivity index (χ2v) is 9.34. The number of carbonyl (C=O) groups is 2. The van der Waals surface area contributed by atoms with Gasteiger partial charge in [0.15, 0.2) is 5.88 Å². The molecule has 8 nitrogen and oxygen atoms in total. The van der Waals surface area contributed by atoms with E-state index in [1.807, 2.05) is 41.0 Å². The van der Waals surface area contributed by atoms with Crippen LogP contribution in [0.2, 0.25) is 0 Å². The molecule has 4 rings (SSSR count). The fourth-order valence-corrected chi connectivity index (χ4v) is 4.11. The van der Waals surface area contributed by atoms with Crippen LogP contribution >= 0.6 is 0 Å². The van der Waals surface area contributed by atoms with E-state index in [4.69, 9.17) is 30.3 Å². The van der Waals surface area contributed by atoms with Crippen molar-refractivity contribution in [1.29, 1.82) is 5.26 Å². The number of hydrogen-bond donors (Lipinski definition) is 3. The minimum absolute atomic E-state index is 0.353. The number of carboxylic acids is 2. The summed E-state index contributed by atoms with van der Waals surface area (Å²) in [4.78, 5) is 17.8. The maximum absolute atomic E-state index is 12.9. The SMILES string of the molecule is COc1c(CCN)c2cc(-c3cccc(C#N)c3)ccc2n1Cc1ccc(C(F)(F)F)cc1.O=C(O)C(F)(F)F.O=C(O)C(F)(F)F. The molecule has 0 spiro atoms. The quantitative estimate of drug-likeness (QED) is 0.187. The largest absolute Gasteiger partial charge is 0.490 e. The molecule has 0 fully saturated rings. The normalized spacial score (nSPS) is 11.4. The van der Waals surface area contributed by atoms with Crippen molar-refractivity contribution in [3.05, 3.63) is 89.0 Å². The van der Waals surface area contributed by atoms with E-state index in [9.17, 15) is 44.8 Å². The number of rotatable bonds is 6. The van der Waals surface area contributed by atoms with Crippen molar-refractivity contribution in [2.45, 2.75) is 31.5 Å². The molecular formula is C30H24F9N3O5. The number of ether oxygens (including phenoxy) is 1. The Balaban J connectivity index is 0.000000459.